The molecule has 5 N–H and O–H groups in total. The van der Waals surface area contributed by atoms with Gasteiger partial charge < -0.3 is 21.3 Å². The van der Waals surface area contributed by atoms with Gasteiger partial charge in [0.05, 0.1) is 0 Å². The number of hydrogen-bond donors (Lipinski definition) is 4. The van der Waals surface area contributed by atoms with Crippen molar-refractivity contribution in [1.82, 2.24) is 5.32 Å². The quantitative estimate of drug-likeness (QED) is 0.431. The summed E-state index contributed by atoms with van der Waals surface area (Å²) in [6.45, 7) is 4.59. The first-order valence-corrected chi connectivity index (χ1v) is 4.19. The topological polar surface area (TPSA) is 95.6 Å². The Bertz CT molecular complexity index is 171. The molecule has 0 heterocycles. The first-order valence-electron chi connectivity index (χ1n) is 4.19. The largest absolute Gasteiger partial charge is 0.480 e. The monoisotopic (exact) mass is 190 g/mol. The van der Waals surface area contributed by atoms with Crippen LogP contribution in [0.2, 0.25) is 0 Å². The summed E-state index contributed by atoms with van der Waals surface area (Å²) in [7, 11) is 0. The second kappa shape index (κ2) is 5.16. The van der Waals surface area contributed by atoms with E-state index in [2.05, 4.69) is 5.32 Å². The molecule has 13 heavy (non-hydrogen) atoms. The smallest absolute Gasteiger partial charge is 0.321 e. The lowest BCUT2D eigenvalue weighted by molar-refractivity contribution is -0.138. The summed E-state index contributed by atoms with van der Waals surface area (Å²) in [5.74, 6) is -1.02. The number of rotatable bonds is 6. The summed E-state index contributed by atoms with van der Waals surface area (Å²) in [6.07, 6.45) is 0. The Morgan fingerprint density at radius 2 is 2.15 bits per heavy atom. The van der Waals surface area contributed by atoms with E-state index in [1.54, 1.807) is 0 Å². The average Bonchev–Trinajstić information content (AvgIpc) is 2.04. The van der Waals surface area contributed by atoms with Crippen LogP contribution in [-0.2, 0) is 4.79 Å². The normalized spacial score (nSPS) is 14.2. The Kier molecular flexibility index (Phi) is 4.90. The highest BCUT2D eigenvalue weighted by Crippen LogP contribution is 2.10. The Hall–Kier alpha value is -0.650. The predicted octanol–water partition coefficient (Wildman–Crippen LogP) is -0.994. The fraction of sp³-hybridized carbons (Fsp3) is 0.875. The molecular formula is C8H18N2O3. The van der Waals surface area contributed by atoms with Crippen molar-refractivity contribution >= 4 is 5.97 Å². The maximum absolute atomic E-state index is 10.3. The number of hydrogen-bond acceptors (Lipinski definition) is 4. The van der Waals surface area contributed by atoms with E-state index in [0.717, 1.165) is 0 Å². The van der Waals surface area contributed by atoms with Crippen molar-refractivity contribution in [2.45, 2.75) is 19.9 Å². The van der Waals surface area contributed by atoms with Crippen molar-refractivity contribution in [3.8, 4) is 0 Å². The van der Waals surface area contributed by atoms with Gasteiger partial charge in [0.2, 0.25) is 0 Å². The molecule has 0 aromatic rings. The van der Waals surface area contributed by atoms with E-state index in [-0.39, 0.29) is 18.6 Å². The van der Waals surface area contributed by atoms with Crippen molar-refractivity contribution in [1.29, 1.82) is 0 Å². The third kappa shape index (κ3) is 5.57. The second-order valence-electron chi connectivity index (χ2n) is 3.90. The molecule has 5 heteroatoms. The number of carboxylic acids is 1. The minimum absolute atomic E-state index is 0.0578. The van der Waals surface area contributed by atoms with Gasteiger partial charge in [0.15, 0.2) is 0 Å². The molecule has 1 atom stereocenters. The highest BCUT2D eigenvalue weighted by Gasteiger charge is 2.17. The van der Waals surface area contributed by atoms with Crippen LogP contribution < -0.4 is 11.1 Å². The number of carboxylic acid groups (broad SMARTS) is 1. The van der Waals surface area contributed by atoms with E-state index in [1.165, 1.54) is 0 Å². The molecule has 5 nitrogen and oxygen atoms in total. The molecule has 0 rings (SSSR count). The number of carbonyl (C=O) groups is 1. The number of aliphatic carboxylic acids is 1. The van der Waals surface area contributed by atoms with Crippen LogP contribution in [0.25, 0.3) is 0 Å². The van der Waals surface area contributed by atoms with Crippen LogP contribution >= 0.6 is 0 Å². The zero-order valence-corrected chi connectivity index (χ0v) is 8.08. The Labute approximate surface area is 77.9 Å². The van der Waals surface area contributed by atoms with Gasteiger partial charge in [-0.2, -0.15) is 0 Å². The molecule has 0 fully saturated rings. The van der Waals surface area contributed by atoms with Crippen LogP contribution in [0.3, 0.4) is 0 Å². The lowest BCUT2D eigenvalue weighted by atomic mass is 9.95. The summed E-state index contributed by atoms with van der Waals surface area (Å²) in [5.41, 5.74) is 5.02. The van der Waals surface area contributed by atoms with E-state index in [1.807, 2.05) is 13.8 Å². The molecule has 0 spiro atoms. The molecule has 0 radical (unpaired) electrons. The van der Waals surface area contributed by atoms with Gasteiger partial charge in [-0.1, -0.05) is 13.8 Å². The first kappa shape index (κ1) is 12.3. The summed E-state index contributed by atoms with van der Waals surface area (Å²) >= 11 is 0. The second-order valence-corrected chi connectivity index (χ2v) is 3.90. The van der Waals surface area contributed by atoms with Gasteiger partial charge in [-0.3, -0.25) is 4.79 Å². The van der Waals surface area contributed by atoms with Crippen LogP contribution in [0.4, 0.5) is 0 Å². The minimum atomic E-state index is -1.02. The van der Waals surface area contributed by atoms with Crippen molar-refractivity contribution in [3.63, 3.8) is 0 Å². The summed E-state index contributed by atoms with van der Waals surface area (Å²) in [6, 6.07) is -0.880. The first-order chi connectivity index (χ1) is 5.89. The van der Waals surface area contributed by atoms with Gasteiger partial charge in [0.1, 0.15) is 6.04 Å². The molecule has 0 aromatic heterocycles. The highest BCUT2D eigenvalue weighted by molar-refractivity contribution is 5.73. The van der Waals surface area contributed by atoms with E-state index in [4.69, 9.17) is 15.9 Å². The Balaban J connectivity index is 3.62. The Morgan fingerprint density at radius 1 is 1.62 bits per heavy atom. The van der Waals surface area contributed by atoms with Crippen molar-refractivity contribution in [2.24, 2.45) is 11.1 Å². The lowest BCUT2D eigenvalue weighted by Gasteiger charge is -2.22. The van der Waals surface area contributed by atoms with Crippen LogP contribution in [0.15, 0.2) is 0 Å². The van der Waals surface area contributed by atoms with E-state index in [0.29, 0.717) is 6.54 Å². The third-order valence-corrected chi connectivity index (χ3v) is 1.71. The van der Waals surface area contributed by atoms with Gasteiger partial charge in [-0.15, -0.1) is 0 Å². The summed E-state index contributed by atoms with van der Waals surface area (Å²) in [4.78, 5) is 10.3. The molecule has 1 unspecified atom stereocenters. The number of aliphatic hydroxyl groups is 1. The SMILES string of the molecule is CC(C)(CO)CNCC(N)C(=O)O. The molecule has 0 aliphatic carbocycles. The van der Waals surface area contributed by atoms with Gasteiger partial charge in [-0.05, 0) is 0 Å². The molecule has 78 valence electrons. The van der Waals surface area contributed by atoms with E-state index < -0.39 is 12.0 Å². The predicted molar refractivity (Wildman–Crippen MR) is 49.3 cm³/mol. The van der Waals surface area contributed by atoms with Gasteiger partial charge in [-0.25, -0.2) is 0 Å². The zero-order chi connectivity index (χ0) is 10.5. The van der Waals surface area contributed by atoms with E-state index in [9.17, 15) is 4.79 Å². The van der Waals surface area contributed by atoms with Crippen molar-refractivity contribution in [2.75, 3.05) is 19.7 Å². The minimum Gasteiger partial charge on any atom is -0.480 e. The maximum Gasteiger partial charge on any atom is 0.321 e. The highest BCUT2D eigenvalue weighted by atomic mass is 16.4. The maximum atomic E-state index is 10.3. The molecule has 0 saturated heterocycles. The molecule has 0 aromatic carbocycles. The van der Waals surface area contributed by atoms with Crippen LogP contribution in [0.1, 0.15) is 13.8 Å². The number of aliphatic hydroxyl groups excluding tert-OH is 1. The molecule has 0 bridgehead atoms. The third-order valence-electron chi connectivity index (χ3n) is 1.71. The molecule has 0 aliphatic rings. The van der Waals surface area contributed by atoms with Gasteiger partial charge >= 0.3 is 5.97 Å². The Morgan fingerprint density at radius 3 is 2.54 bits per heavy atom. The fourth-order valence-electron chi connectivity index (χ4n) is 0.709. The molecule has 0 saturated carbocycles. The van der Waals surface area contributed by atoms with Gasteiger partial charge in [0.25, 0.3) is 0 Å². The van der Waals surface area contributed by atoms with Crippen molar-refractivity contribution < 1.29 is 15.0 Å². The van der Waals surface area contributed by atoms with Crippen LogP contribution in [0, 0.1) is 5.41 Å². The van der Waals surface area contributed by atoms with Gasteiger partial charge in [0, 0.05) is 25.1 Å². The molecule has 0 aliphatic heterocycles. The molecule has 0 amide bonds. The number of nitrogens with two attached hydrogens (primary N) is 1. The summed E-state index contributed by atoms with van der Waals surface area (Å²) < 4.78 is 0. The van der Waals surface area contributed by atoms with E-state index >= 15 is 0 Å². The zero-order valence-electron chi connectivity index (χ0n) is 8.08. The molecular weight excluding hydrogens is 172 g/mol. The standard InChI is InChI=1S/C8H18N2O3/c1-8(2,5-11)4-10-3-6(9)7(12)13/h6,10-11H,3-5,9H2,1-2H3,(H,12,13). The number of nitrogens with one attached hydrogen (secondary N) is 1. The lowest BCUT2D eigenvalue weighted by Crippen LogP contribution is -2.43. The average molecular weight is 190 g/mol. The van der Waals surface area contributed by atoms with Crippen molar-refractivity contribution in [3.05, 3.63) is 0 Å². The summed E-state index contributed by atoms with van der Waals surface area (Å²) in [5, 5.41) is 20.2. The van der Waals surface area contributed by atoms with Crippen LogP contribution in [0.5, 0.6) is 0 Å². The fourth-order valence-corrected chi connectivity index (χ4v) is 0.709. The van der Waals surface area contributed by atoms with Crippen LogP contribution in [-0.4, -0.2) is 41.9 Å².